The zero-order valence-corrected chi connectivity index (χ0v) is 19.5. The SMILES string of the molecule is CCNC(=O)Nc1ccc(-c2ncc(C)c(NC3(c4cccnc4)C[C@H]3CC)n2)cc1OC. The first kappa shape index (κ1) is 22.5. The Balaban J connectivity index is 1.63. The number of amides is 2. The van der Waals surface area contributed by atoms with E-state index in [4.69, 9.17) is 9.72 Å². The van der Waals surface area contributed by atoms with Crippen molar-refractivity contribution < 1.29 is 9.53 Å². The minimum absolute atomic E-state index is 0.155. The number of nitrogens with one attached hydrogen (secondary N) is 3. The van der Waals surface area contributed by atoms with Gasteiger partial charge in [0.25, 0.3) is 0 Å². The summed E-state index contributed by atoms with van der Waals surface area (Å²) in [5.41, 5.74) is 3.38. The fourth-order valence-electron chi connectivity index (χ4n) is 4.21. The van der Waals surface area contributed by atoms with Gasteiger partial charge < -0.3 is 20.7 Å². The van der Waals surface area contributed by atoms with Gasteiger partial charge in [0.15, 0.2) is 5.82 Å². The van der Waals surface area contributed by atoms with E-state index in [-0.39, 0.29) is 11.6 Å². The number of methoxy groups -OCH3 is 1. The number of pyridine rings is 1. The Labute approximate surface area is 194 Å². The van der Waals surface area contributed by atoms with Crippen LogP contribution in [0.2, 0.25) is 0 Å². The summed E-state index contributed by atoms with van der Waals surface area (Å²) in [6, 6.07) is 9.33. The summed E-state index contributed by atoms with van der Waals surface area (Å²) >= 11 is 0. The van der Waals surface area contributed by atoms with Crippen LogP contribution in [0.1, 0.15) is 37.8 Å². The van der Waals surface area contributed by atoms with Crippen LogP contribution in [0.4, 0.5) is 16.3 Å². The second-order valence-corrected chi connectivity index (χ2v) is 8.27. The molecule has 1 fully saturated rings. The Morgan fingerprint density at radius 3 is 2.76 bits per heavy atom. The number of ether oxygens (including phenoxy) is 1. The summed E-state index contributed by atoms with van der Waals surface area (Å²) in [6.07, 6.45) is 7.69. The number of carbonyl (C=O) groups is 1. The van der Waals surface area contributed by atoms with Crippen LogP contribution >= 0.6 is 0 Å². The maximum absolute atomic E-state index is 11.9. The molecule has 1 aliphatic carbocycles. The third kappa shape index (κ3) is 4.60. The molecule has 0 radical (unpaired) electrons. The Morgan fingerprint density at radius 2 is 2.09 bits per heavy atom. The highest BCUT2D eigenvalue weighted by molar-refractivity contribution is 5.91. The maximum Gasteiger partial charge on any atom is 0.319 e. The number of carbonyl (C=O) groups excluding carboxylic acids is 1. The number of rotatable bonds is 8. The summed E-state index contributed by atoms with van der Waals surface area (Å²) in [7, 11) is 1.57. The fourth-order valence-corrected chi connectivity index (χ4v) is 4.21. The molecule has 2 aromatic heterocycles. The standard InChI is InChI=1S/C25H30N6O2/c1-5-18-13-25(18,19-8-7-11-26-15-19)31-22-16(3)14-28-23(30-22)17-9-10-20(21(12-17)33-4)29-24(32)27-6-2/h7-12,14-15,18H,5-6,13H2,1-4H3,(H2,27,29,32)(H,28,30,31)/t18-,25?/m1/s1. The minimum atomic E-state index is -0.280. The molecule has 33 heavy (non-hydrogen) atoms. The molecular weight excluding hydrogens is 416 g/mol. The van der Waals surface area contributed by atoms with Crippen LogP contribution in [-0.2, 0) is 5.54 Å². The Hall–Kier alpha value is -3.68. The number of urea groups is 1. The first-order chi connectivity index (χ1) is 16.0. The average Bonchev–Trinajstić information content (AvgIpc) is 3.55. The van der Waals surface area contributed by atoms with Gasteiger partial charge in [0.05, 0.1) is 18.3 Å². The fraction of sp³-hybridized carbons (Fsp3) is 0.360. The first-order valence-electron chi connectivity index (χ1n) is 11.3. The molecule has 172 valence electrons. The van der Waals surface area contributed by atoms with E-state index in [0.717, 1.165) is 29.8 Å². The number of anilines is 2. The lowest BCUT2D eigenvalue weighted by Crippen LogP contribution is -2.28. The van der Waals surface area contributed by atoms with Crippen molar-refractivity contribution in [2.75, 3.05) is 24.3 Å². The quantitative estimate of drug-likeness (QED) is 0.462. The van der Waals surface area contributed by atoms with E-state index in [9.17, 15) is 4.79 Å². The zero-order chi connectivity index (χ0) is 23.4. The molecule has 1 aliphatic rings. The second-order valence-electron chi connectivity index (χ2n) is 8.27. The molecule has 1 aromatic carbocycles. The topological polar surface area (TPSA) is 101 Å². The van der Waals surface area contributed by atoms with Crippen molar-refractivity contribution in [1.82, 2.24) is 20.3 Å². The molecule has 0 aliphatic heterocycles. The molecule has 1 saturated carbocycles. The molecule has 4 rings (SSSR count). The molecule has 2 amide bonds. The average molecular weight is 447 g/mol. The van der Waals surface area contributed by atoms with Crippen molar-refractivity contribution in [1.29, 1.82) is 0 Å². The lowest BCUT2D eigenvalue weighted by atomic mass is 10.0. The van der Waals surface area contributed by atoms with Gasteiger partial charge in [0, 0.05) is 36.3 Å². The van der Waals surface area contributed by atoms with Gasteiger partial charge in [-0.1, -0.05) is 19.4 Å². The van der Waals surface area contributed by atoms with E-state index in [1.807, 2.05) is 44.4 Å². The Bertz CT molecular complexity index is 1140. The summed E-state index contributed by atoms with van der Waals surface area (Å²) in [6.45, 7) is 6.62. The van der Waals surface area contributed by atoms with Crippen LogP contribution < -0.4 is 20.7 Å². The molecule has 8 nitrogen and oxygen atoms in total. The van der Waals surface area contributed by atoms with Gasteiger partial charge in [-0.15, -0.1) is 0 Å². The number of nitrogens with zero attached hydrogens (tertiary/aromatic N) is 3. The molecule has 8 heteroatoms. The predicted molar refractivity (Wildman–Crippen MR) is 129 cm³/mol. The van der Waals surface area contributed by atoms with E-state index < -0.39 is 0 Å². The van der Waals surface area contributed by atoms with E-state index >= 15 is 0 Å². The van der Waals surface area contributed by atoms with Crippen molar-refractivity contribution in [3.8, 4) is 17.1 Å². The van der Waals surface area contributed by atoms with E-state index in [1.165, 1.54) is 5.56 Å². The first-order valence-corrected chi connectivity index (χ1v) is 11.3. The van der Waals surface area contributed by atoms with Crippen LogP contribution in [0.5, 0.6) is 5.75 Å². The molecular formula is C25H30N6O2. The van der Waals surface area contributed by atoms with Crippen molar-refractivity contribution in [3.05, 3.63) is 60.0 Å². The largest absolute Gasteiger partial charge is 0.495 e. The third-order valence-electron chi connectivity index (χ3n) is 6.13. The number of aromatic nitrogens is 3. The van der Waals surface area contributed by atoms with Crippen LogP contribution in [0, 0.1) is 12.8 Å². The lowest BCUT2D eigenvalue weighted by Gasteiger charge is -2.22. The van der Waals surface area contributed by atoms with Gasteiger partial charge in [-0.2, -0.15) is 0 Å². The zero-order valence-electron chi connectivity index (χ0n) is 19.5. The number of hydrogen-bond donors (Lipinski definition) is 3. The summed E-state index contributed by atoms with van der Waals surface area (Å²) in [4.78, 5) is 25.6. The summed E-state index contributed by atoms with van der Waals surface area (Å²) in [5.74, 6) is 2.46. The summed E-state index contributed by atoms with van der Waals surface area (Å²) < 4.78 is 5.50. The van der Waals surface area contributed by atoms with Gasteiger partial charge in [-0.05, 0) is 56.0 Å². The van der Waals surface area contributed by atoms with Crippen molar-refractivity contribution in [3.63, 3.8) is 0 Å². The van der Waals surface area contributed by atoms with Gasteiger partial charge >= 0.3 is 6.03 Å². The molecule has 0 spiro atoms. The molecule has 2 heterocycles. The molecule has 1 unspecified atom stereocenters. The Kier molecular flexibility index (Phi) is 6.44. The molecule has 0 saturated heterocycles. The maximum atomic E-state index is 11.9. The third-order valence-corrected chi connectivity index (χ3v) is 6.13. The van der Waals surface area contributed by atoms with Gasteiger partial charge in [-0.25, -0.2) is 14.8 Å². The normalized spacial score (nSPS) is 19.0. The number of benzene rings is 1. The van der Waals surface area contributed by atoms with Gasteiger partial charge in [0.2, 0.25) is 0 Å². The Morgan fingerprint density at radius 1 is 1.24 bits per heavy atom. The van der Waals surface area contributed by atoms with Crippen LogP contribution in [-0.4, -0.2) is 34.6 Å². The molecule has 3 aromatic rings. The van der Waals surface area contributed by atoms with Crippen molar-refractivity contribution in [2.45, 2.75) is 39.2 Å². The van der Waals surface area contributed by atoms with Crippen LogP contribution in [0.15, 0.2) is 48.9 Å². The highest BCUT2D eigenvalue weighted by Crippen LogP contribution is 2.55. The smallest absolute Gasteiger partial charge is 0.319 e. The lowest BCUT2D eigenvalue weighted by molar-refractivity contribution is 0.252. The predicted octanol–water partition coefficient (Wildman–Crippen LogP) is 4.73. The van der Waals surface area contributed by atoms with E-state index in [2.05, 4.69) is 38.9 Å². The van der Waals surface area contributed by atoms with E-state index in [0.29, 0.717) is 29.7 Å². The molecule has 0 bridgehead atoms. The van der Waals surface area contributed by atoms with Crippen LogP contribution in [0.25, 0.3) is 11.4 Å². The minimum Gasteiger partial charge on any atom is -0.495 e. The van der Waals surface area contributed by atoms with Crippen LogP contribution in [0.3, 0.4) is 0 Å². The molecule has 2 atom stereocenters. The number of hydrogen-bond acceptors (Lipinski definition) is 6. The summed E-state index contributed by atoms with van der Waals surface area (Å²) in [5, 5.41) is 9.23. The highest BCUT2D eigenvalue weighted by atomic mass is 16.5. The van der Waals surface area contributed by atoms with E-state index in [1.54, 1.807) is 19.4 Å². The highest BCUT2D eigenvalue weighted by Gasteiger charge is 2.54. The molecule has 3 N–H and O–H groups in total. The van der Waals surface area contributed by atoms with Gasteiger partial charge in [0.1, 0.15) is 11.6 Å². The van der Waals surface area contributed by atoms with Crippen molar-refractivity contribution >= 4 is 17.5 Å². The monoisotopic (exact) mass is 446 g/mol. The van der Waals surface area contributed by atoms with Gasteiger partial charge in [-0.3, -0.25) is 4.98 Å². The van der Waals surface area contributed by atoms with Crippen molar-refractivity contribution in [2.24, 2.45) is 5.92 Å². The number of aryl methyl sites for hydroxylation is 1. The second kappa shape index (κ2) is 9.44.